The number of benzene rings is 1. The van der Waals surface area contributed by atoms with Crippen molar-refractivity contribution in [2.24, 2.45) is 0 Å². The van der Waals surface area contributed by atoms with Gasteiger partial charge in [0.2, 0.25) is 11.8 Å². The van der Waals surface area contributed by atoms with Crippen LogP contribution in [0.3, 0.4) is 0 Å². The van der Waals surface area contributed by atoms with Gasteiger partial charge in [-0.05, 0) is 12.1 Å². The lowest BCUT2D eigenvalue weighted by Gasteiger charge is -2.19. The van der Waals surface area contributed by atoms with E-state index in [1.54, 1.807) is 30.5 Å². The van der Waals surface area contributed by atoms with Gasteiger partial charge in [-0.2, -0.15) is 0 Å². The molecule has 0 bridgehead atoms. The molecule has 0 radical (unpaired) electrons. The fourth-order valence-electron chi connectivity index (χ4n) is 2.66. The highest BCUT2D eigenvalue weighted by Gasteiger charge is 2.25. The van der Waals surface area contributed by atoms with E-state index in [4.69, 9.17) is 5.11 Å². The molecule has 4 N–H and O–H groups in total. The van der Waals surface area contributed by atoms with Crippen molar-refractivity contribution in [3.63, 3.8) is 0 Å². The quantitative estimate of drug-likeness (QED) is 0.305. The second-order valence-corrected chi connectivity index (χ2v) is 6.24. The number of nitro benzene ring substituents is 1. The van der Waals surface area contributed by atoms with Crippen molar-refractivity contribution in [3.8, 4) is 0 Å². The molecular formula is C19H21N5O6. The van der Waals surface area contributed by atoms with Crippen LogP contribution in [-0.4, -0.2) is 45.9 Å². The van der Waals surface area contributed by atoms with Crippen LogP contribution in [0.1, 0.15) is 23.7 Å². The Morgan fingerprint density at radius 3 is 2.47 bits per heavy atom. The van der Waals surface area contributed by atoms with Crippen molar-refractivity contribution in [2.45, 2.75) is 19.0 Å². The summed E-state index contributed by atoms with van der Waals surface area (Å²) in [5.41, 5.74) is 0.566. The van der Waals surface area contributed by atoms with Gasteiger partial charge in [-0.15, -0.1) is 0 Å². The summed E-state index contributed by atoms with van der Waals surface area (Å²) in [7, 11) is 0. The fraction of sp³-hybridized carbons (Fsp3) is 0.263. The van der Waals surface area contributed by atoms with Gasteiger partial charge in [-0.1, -0.05) is 24.3 Å². The Hall–Kier alpha value is -3.86. The number of nitro groups is 1. The lowest BCUT2D eigenvalue weighted by Crippen LogP contribution is -2.39. The Kier molecular flexibility index (Phi) is 8.39. The molecule has 11 heteroatoms. The van der Waals surface area contributed by atoms with Crippen molar-refractivity contribution >= 4 is 23.5 Å². The van der Waals surface area contributed by atoms with Gasteiger partial charge in [-0.3, -0.25) is 34.8 Å². The molecule has 0 spiro atoms. The molecule has 0 fully saturated rings. The van der Waals surface area contributed by atoms with Crippen LogP contribution in [0.25, 0.3) is 0 Å². The molecule has 158 valence electrons. The third-order valence-corrected chi connectivity index (χ3v) is 3.99. The summed E-state index contributed by atoms with van der Waals surface area (Å²) in [6.45, 7) is -0.579. The molecule has 30 heavy (non-hydrogen) atoms. The van der Waals surface area contributed by atoms with Crippen LogP contribution in [0.4, 0.5) is 5.69 Å². The smallest absolute Gasteiger partial charge is 0.317 e. The van der Waals surface area contributed by atoms with Gasteiger partial charge in [-0.25, -0.2) is 0 Å². The molecule has 0 aliphatic heterocycles. The van der Waals surface area contributed by atoms with E-state index in [9.17, 15) is 24.5 Å². The van der Waals surface area contributed by atoms with Crippen molar-refractivity contribution in [2.75, 3.05) is 13.1 Å². The minimum Gasteiger partial charge on any atom is -0.480 e. The number of hydrogen-bond acceptors (Lipinski definition) is 7. The summed E-state index contributed by atoms with van der Waals surface area (Å²) in [4.78, 5) is 50.0. The van der Waals surface area contributed by atoms with Gasteiger partial charge >= 0.3 is 5.97 Å². The van der Waals surface area contributed by atoms with Gasteiger partial charge in [0.15, 0.2) is 0 Å². The first-order valence-corrected chi connectivity index (χ1v) is 8.98. The van der Waals surface area contributed by atoms with Crippen LogP contribution in [0.15, 0.2) is 48.7 Å². The molecule has 1 unspecified atom stereocenters. The topological polar surface area (TPSA) is 164 Å². The third-order valence-electron chi connectivity index (χ3n) is 3.99. The number of aromatic nitrogens is 1. The minimum absolute atomic E-state index is 0.164. The molecule has 2 amide bonds. The van der Waals surface area contributed by atoms with Gasteiger partial charge < -0.3 is 15.7 Å². The second-order valence-electron chi connectivity index (χ2n) is 6.24. The molecule has 2 aromatic rings. The number of carboxylic acid groups (broad SMARTS) is 1. The van der Waals surface area contributed by atoms with Crippen LogP contribution in [-0.2, 0) is 20.9 Å². The molecule has 0 aliphatic carbocycles. The van der Waals surface area contributed by atoms with Crippen LogP contribution in [0, 0.1) is 10.1 Å². The predicted molar refractivity (Wildman–Crippen MR) is 105 cm³/mol. The Bertz CT molecular complexity index is 905. The Morgan fingerprint density at radius 1 is 1.07 bits per heavy atom. The number of carboxylic acids is 1. The first kappa shape index (κ1) is 22.4. The molecule has 1 heterocycles. The van der Waals surface area contributed by atoms with E-state index in [1.807, 2.05) is 0 Å². The van der Waals surface area contributed by atoms with Crippen molar-refractivity contribution in [1.29, 1.82) is 0 Å². The van der Waals surface area contributed by atoms with E-state index in [0.717, 1.165) is 0 Å². The zero-order valence-corrected chi connectivity index (χ0v) is 15.9. The minimum atomic E-state index is -1.13. The number of hydrogen-bond donors (Lipinski definition) is 4. The van der Waals surface area contributed by atoms with E-state index in [-0.39, 0.29) is 30.8 Å². The van der Waals surface area contributed by atoms with E-state index in [2.05, 4.69) is 20.9 Å². The predicted octanol–water partition coefficient (Wildman–Crippen LogP) is 0.528. The maximum atomic E-state index is 12.4. The van der Waals surface area contributed by atoms with Gasteiger partial charge in [0.05, 0.1) is 48.3 Å². The number of para-hydroxylation sites is 1. The standard InChI is InChI=1S/C19H21N5O6/c25-17(22-10-13-5-3-4-8-21-13)9-15(23-18(26)11-20-12-19(27)28)14-6-1-2-7-16(14)24(29)30/h1-8,15,20H,9-12H2,(H,22,25)(H,23,26)(H,27,28). The number of carbonyl (C=O) groups is 3. The summed E-state index contributed by atoms with van der Waals surface area (Å²) in [6, 6.07) is 10.1. The molecule has 0 saturated carbocycles. The number of nitrogens with zero attached hydrogens (tertiary/aromatic N) is 2. The highest BCUT2D eigenvalue weighted by atomic mass is 16.6. The van der Waals surface area contributed by atoms with E-state index >= 15 is 0 Å². The van der Waals surface area contributed by atoms with E-state index < -0.39 is 35.3 Å². The zero-order valence-electron chi connectivity index (χ0n) is 15.9. The second kappa shape index (κ2) is 11.2. The van der Waals surface area contributed by atoms with Crippen LogP contribution in [0.2, 0.25) is 0 Å². The lowest BCUT2D eigenvalue weighted by molar-refractivity contribution is -0.385. The number of amides is 2. The zero-order chi connectivity index (χ0) is 21.9. The molecule has 1 aromatic carbocycles. The highest BCUT2D eigenvalue weighted by molar-refractivity contribution is 5.82. The molecule has 0 aliphatic rings. The largest absolute Gasteiger partial charge is 0.480 e. The van der Waals surface area contributed by atoms with Gasteiger partial charge in [0.1, 0.15) is 0 Å². The molecular weight excluding hydrogens is 394 g/mol. The Labute approximate surface area is 171 Å². The monoisotopic (exact) mass is 415 g/mol. The summed E-state index contributed by atoms with van der Waals surface area (Å²) in [6.07, 6.45) is 1.34. The maximum absolute atomic E-state index is 12.4. The van der Waals surface area contributed by atoms with Crippen molar-refractivity contribution in [3.05, 3.63) is 70.0 Å². The summed E-state index contributed by atoms with van der Waals surface area (Å²) in [5, 5.41) is 27.6. The number of pyridine rings is 1. The van der Waals surface area contributed by atoms with Crippen LogP contribution >= 0.6 is 0 Å². The third kappa shape index (κ3) is 7.28. The molecule has 0 saturated heterocycles. The first-order chi connectivity index (χ1) is 14.4. The molecule has 2 rings (SSSR count). The number of carbonyl (C=O) groups excluding carboxylic acids is 2. The van der Waals surface area contributed by atoms with Gasteiger partial charge in [0.25, 0.3) is 5.69 Å². The van der Waals surface area contributed by atoms with E-state index in [0.29, 0.717) is 5.69 Å². The fourth-order valence-corrected chi connectivity index (χ4v) is 2.66. The SMILES string of the molecule is O=C(O)CNCC(=O)NC(CC(=O)NCc1ccccn1)c1ccccc1[N+](=O)[O-]. The van der Waals surface area contributed by atoms with Gasteiger partial charge in [0, 0.05) is 12.3 Å². The molecule has 1 atom stereocenters. The highest BCUT2D eigenvalue weighted by Crippen LogP contribution is 2.27. The lowest BCUT2D eigenvalue weighted by atomic mass is 10.0. The maximum Gasteiger partial charge on any atom is 0.317 e. The number of nitrogens with one attached hydrogen (secondary N) is 3. The van der Waals surface area contributed by atoms with Crippen LogP contribution in [0.5, 0.6) is 0 Å². The molecule has 11 nitrogen and oxygen atoms in total. The Morgan fingerprint density at radius 2 is 1.80 bits per heavy atom. The van der Waals surface area contributed by atoms with E-state index in [1.165, 1.54) is 18.2 Å². The normalized spacial score (nSPS) is 11.3. The number of rotatable bonds is 11. The average molecular weight is 415 g/mol. The summed E-state index contributed by atoms with van der Waals surface area (Å²) < 4.78 is 0. The van der Waals surface area contributed by atoms with Crippen LogP contribution < -0.4 is 16.0 Å². The summed E-state index contributed by atoms with van der Waals surface area (Å²) >= 11 is 0. The Balaban J connectivity index is 2.10. The average Bonchev–Trinajstić information content (AvgIpc) is 2.72. The number of aliphatic carboxylic acids is 1. The first-order valence-electron chi connectivity index (χ1n) is 8.98. The summed E-state index contributed by atoms with van der Waals surface area (Å²) in [5.74, 6) is -2.17. The molecule has 1 aromatic heterocycles. The van der Waals surface area contributed by atoms with Crippen molar-refractivity contribution in [1.82, 2.24) is 20.9 Å². The van der Waals surface area contributed by atoms with Crippen molar-refractivity contribution < 1.29 is 24.4 Å².